The van der Waals surface area contributed by atoms with Crippen LogP contribution in [0, 0.1) is 20.8 Å². The van der Waals surface area contributed by atoms with E-state index in [9.17, 15) is 9.59 Å². The Labute approximate surface area is 204 Å². The van der Waals surface area contributed by atoms with Crippen LogP contribution in [-0.2, 0) is 6.42 Å². The molecule has 4 rings (SSSR count). The van der Waals surface area contributed by atoms with Crippen LogP contribution in [0.15, 0.2) is 77.6 Å². The molecule has 0 atom stereocenters. The Morgan fingerprint density at radius 1 is 0.912 bits per heavy atom. The van der Waals surface area contributed by atoms with Crippen molar-refractivity contribution in [1.29, 1.82) is 0 Å². The highest BCUT2D eigenvalue weighted by molar-refractivity contribution is 6.30. The Morgan fingerprint density at radius 3 is 2.32 bits per heavy atom. The Morgan fingerprint density at radius 2 is 1.62 bits per heavy atom. The Balaban J connectivity index is 2.02. The number of halogens is 1. The molecular weight excluding hydrogens is 444 g/mol. The minimum atomic E-state index is -0.439. The summed E-state index contributed by atoms with van der Waals surface area (Å²) in [5.41, 5.74) is 6.33. The molecule has 1 amide bonds. The van der Waals surface area contributed by atoms with E-state index in [1.807, 2.05) is 86.9 Å². The number of nitrogens with one attached hydrogen (secondary N) is 1. The van der Waals surface area contributed by atoms with Crippen molar-refractivity contribution in [1.82, 2.24) is 4.57 Å². The van der Waals surface area contributed by atoms with Gasteiger partial charge in [-0.25, -0.2) is 0 Å². The normalized spacial score (nSPS) is 10.9. The Bertz CT molecular complexity index is 1450. The lowest BCUT2D eigenvalue weighted by Gasteiger charge is -2.22. The molecule has 4 nitrogen and oxygen atoms in total. The standard InChI is InChI=1S/C29H27ClN2O2/c1-5-21-12-8-11-19(3)27(21)31-29(34)26-25(33)16-20(4)32(24-15-7-6-10-18(24)2)28(26)22-13-9-14-23(30)17-22/h6-17H,5H2,1-4H3,(H,31,34). The highest BCUT2D eigenvalue weighted by atomic mass is 35.5. The Hall–Kier alpha value is -3.63. The highest BCUT2D eigenvalue weighted by Crippen LogP contribution is 2.31. The Kier molecular flexibility index (Phi) is 6.71. The minimum Gasteiger partial charge on any atom is -0.321 e. The molecule has 34 heavy (non-hydrogen) atoms. The minimum absolute atomic E-state index is 0.0847. The van der Waals surface area contributed by atoms with Crippen LogP contribution < -0.4 is 10.7 Å². The molecule has 0 bridgehead atoms. The first-order valence-corrected chi connectivity index (χ1v) is 11.7. The number of para-hydroxylation sites is 2. The van der Waals surface area contributed by atoms with Crippen LogP contribution in [0.5, 0.6) is 0 Å². The largest absolute Gasteiger partial charge is 0.321 e. The molecule has 0 saturated heterocycles. The fourth-order valence-corrected chi connectivity index (χ4v) is 4.55. The first-order valence-electron chi connectivity index (χ1n) is 11.3. The number of pyridine rings is 1. The number of hydrogen-bond donors (Lipinski definition) is 1. The van der Waals surface area contributed by atoms with E-state index in [1.165, 1.54) is 6.07 Å². The summed E-state index contributed by atoms with van der Waals surface area (Å²) in [4.78, 5) is 27.1. The zero-order chi connectivity index (χ0) is 24.4. The van der Waals surface area contributed by atoms with Gasteiger partial charge in [0.15, 0.2) is 5.43 Å². The second-order valence-electron chi connectivity index (χ2n) is 8.42. The quantitative estimate of drug-likeness (QED) is 0.345. The molecule has 1 heterocycles. The monoisotopic (exact) mass is 470 g/mol. The second kappa shape index (κ2) is 9.70. The van der Waals surface area contributed by atoms with Gasteiger partial charge in [-0.05, 0) is 62.1 Å². The van der Waals surface area contributed by atoms with Gasteiger partial charge in [-0.2, -0.15) is 0 Å². The van der Waals surface area contributed by atoms with Crippen molar-refractivity contribution in [3.05, 3.63) is 116 Å². The molecule has 0 aliphatic carbocycles. The summed E-state index contributed by atoms with van der Waals surface area (Å²) in [6.07, 6.45) is 0.764. The molecule has 172 valence electrons. The first kappa shape index (κ1) is 23.5. The van der Waals surface area contributed by atoms with Crippen LogP contribution in [0.1, 0.15) is 39.7 Å². The highest BCUT2D eigenvalue weighted by Gasteiger charge is 2.24. The van der Waals surface area contributed by atoms with Crippen LogP contribution in [0.25, 0.3) is 16.9 Å². The maximum atomic E-state index is 13.8. The molecule has 5 heteroatoms. The number of nitrogens with zero attached hydrogens (tertiary/aromatic N) is 1. The maximum absolute atomic E-state index is 13.8. The van der Waals surface area contributed by atoms with Crippen molar-refractivity contribution in [2.45, 2.75) is 34.1 Å². The van der Waals surface area contributed by atoms with E-state index >= 15 is 0 Å². The van der Waals surface area contributed by atoms with Gasteiger partial charge in [-0.15, -0.1) is 0 Å². The van der Waals surface area contributed by atoms with E-state index in [0.717, 1.165) is 40.2 Å². The van der Waals surface area contributed by atoms with Crippen molar-refractivity contribution in [2.75, 3.05) is 5.32 Å². The summed E-state index contributed by atoms with van der Waals surface area (Å²) in [5.74, 6) is -0.439. The predicted molar refractivity (Wildman–Crippen MR) is 140 cm³/mol. The van der Waals surface area contributed by atoms with Crippen molar-refractivity contribution >= 4 is 23.2 Å². The lowest BCUT2D eigenvalue weighted by molar-refractivity contribution is 0.102. The van der Waals surface area contributed by atoms with Crippen molar-refractivity contribution in [2.24, 2.45) is 0 Å². The zero-order valence-corrected chi connectivity index (χ0v) is 20.5. The molecule has 3 aromatic carbocycles. The molecule has 0 radical (unpaired) electrons. The third kappa shape index (κ3) is 4.42. The van der Waals surface area contributed by atoms with Gasteiger partial charge >= 0.3 is 0 Å². The van der Waals surface area contributed by atoms with Gasteiger partial charge in [0, 0.05) is 33.7 Å². The van der Waals surface area contributed by atoms with Gasteiger partial charge in [-0.1, -0.05) is 67.1 Å². The van der Waals surface area contributed by atoms with Gasteiger partial charge in [0.2, 0.25) is 0 Å². The van der Waals surface area contributed by atoms with Gasteiger partial charge in [-0.3, -0.25) is 9.59 Å². The fourth-order valence-electron chi connectivity index (χ4n) is 4.36. The number of amides is 1. The molecule has 0 spiro atoms. The molecule has 1 N–H and O–H groups in total. The number of benzene rings is 3. The van der Waals surface area contributed by atoms with E-state index in [-0.39, 0.29) is 11.0 Å². The number of aryl methyl sites for hydroxylation is 4. The summed E-state index contributed by atoms with van der Waals surface area (Å²) in [6, 6.07) is 22.6. The van der Waals surface area contributed by atoms with Crippen LogP contribution in [0.2, 0.25) is 5.02 Å². The summed E-state index contributed by atoms with van der Waals surface area (Å²) in [5, 5.41) is 3.57. The molecule has 1 aromatic heterocycles. The molecule has 0 aliphatic rings. The molecule has 0 saturated carbocycles. The van der Waals surface area contributed by atoms with Gasteiger partial charge < -0.3 is 9.88 Å². The van der Waals surface area contributed by atoms with E-state index in [2.05, 4.69) is 5.32 Å². The molecule has 0 unspecified atom stereocenters. The lowest BCUT2D eigenvalue weighted by Crippen LogP contribution is -2.27. The number of rotatable bonds is 5. The van der Waals surface area contributed by atoms with E-state index < -0.39 is 5.91 Å². The zero-order valence-electron chi connectivity index (χ0n) is 19.8. The van der Waals surface area contributed by atoms with Crippen LogP contribution >= 0.6 is 11.6 Å². The number of carbonyl (C=O) groups is 1. The molecule has 0 fully saturated rings. The number of hydrogen-bond acceptors (Lipinski definition) is 2. The van der Waals surface area contributed by atoms with Gasteiger partial charge in [0.05, 0.1) is 5.69 Å². The van der Waals surface area contributed by atoms with Crippen LogP contribution in [0.4, 0.5) is 5.69 Å². The number of aromatic nitrogens is 1. The van der Waals surface area contributed by atoms with Crippen LogP contribution in [0.3, 0.4) is 0 Å². The molecule has 4 aromatic rings. The van der Waals surface area contributed by atoms with Crippen molar-refractivity contribution < 1.29 is 4.79 Å². The molecular formula is C29H27ClN2O2. The third-order valence-corrected chi connectivity index (χ3v) is 6.29. The number of anilines is 1. The predicted octanol–water partition coefficient (Wildman–Crippen LogP) is 6.90. The summed E-state index contributed by atoms with van der Waals surface area (Å²) in [7, 11) is 0. The number of carbonyl (C=O) groups excluding carboxylic acids is 1. The van der Waals surface area contributed by atoms with E-state index in [1.54, 1.807) is 12.1 Å². The van der Waals surface area contributed by atoms with Gasteiger partial charge in [0.1, 0.15) is 5.56 Å². The topological polar surface area (TPSA) is 51.1 Å². The van der Waals surface area contributed by atoms with Crippen molar-refractivity contribution in [3.8, 4) is 16.9 Å². The average Bonchev–Trinajstić information content (AvgIpc) is 2.80. The first-order chi connectivity index (χ1) is 16.3. The maximum Gasteiger partial charge on any atom is 0.261 e. The summed E-state index contributed by atoms with van der Waals surface area (Å²) < 4.78 is 1.97. The van der Waals surface area contributed by atoms with Crippen LogP contribution in [-0.4, -0.2) is 10.5 Å². The summed E-state index contributed by atoms with van der Waals surface area (Å²) in [6.45, 7) is 7.88. The average molecular weight is 471 g/mol. The van der Waals surface area contributed by atoms with E-state index in [4.69, 9.17) is 11.6 Å². The van der Waals surface area contributed by atoms with Crippen molar-refractivity contribution in [3.63, 3.8) is 0 Å². The fraction of sp³-hybridized carbons (Fsp3) is 0.172. The molecule has 0 aliphatic heterocycles. The summed E-state index contributed by atoms with van der Waals surface area (Å²) >= 11 is 6.34. The third-order valence-electron chi connectivity index (χ3n) is 6.06. The second-order valence-corrected chi connectivity index (χ2v) is 8.86. The van der Waals surface area contributed by atoms with E-state index in [0.29, 0.717) is 16.3 Å². The SMILES string of the molecule is CCc1cccc(C)c1NC(=O)c1c(-c2cccc(Cl)c2)n(-c2ccccc2C)c(C)cc1=O. The van der Waals surface area contributed by atoms with Gasteiger partial charge in [0.25, 0.3) is 5.91 Å². The smallest absolute Gasteiger partial charge is 0.261 e. The lowest BCUT2D eigenvalue weighted by atomic mass is 10.0.